The van der Waals surface area contributed by atoms with Crippen LogP contribution in [0, 0.1) is 13.8 Å². The topological polar surface area (TPSA) is 54.5 Å². The number of nitrogens with one attached hydrogen (secondary N) is 1. The summed E-state index contributed by atoms with van der Waals surface area (Å²) in [6.07, 6.45) is 0. The number of benzene rings is 2. The van der Waals surface area contributed by atoms with Gasteiger partial charge in [0.15, 0.2) is 0 Å². The van der Waals surface area contributed by atoms with Crippen molar-refractivity contribution in [2.75, 3.05) is 26.3 Å². The molecule has 1 fully saturated rings. The van der Waals surface area contributed by atoms with Crippen LogP contribution < -0.4 is 5.43 Å². The molecule has 0 radical (unpaired) electrons. The molecule has 2 aromatic carbocycles. The molecule has 2 heterocycles. The Balaban J connectivity index is 1.82. The summed E-state index contributed by atoms with van der Waals surface area (Å²) in [6, 6.07) is 13.7. The number of hydrogen-bond donors (Lipinski definition) is 1. The van der Waals surface area contributed by atoms with Crippen molar-refractivity contribution in [3.8, 4) is 11.3 Å². The number of hydrogen-bond acceptors (Lipinski definition) is 4. The lowest BCUT2D eigenvalue weighted by atomic mass is 10.0. The molecule has 0 unspecified atom stereocenters. The highest BCUT2D eigenvalue weighted by atomic mass is 35.5. The van der Waals surface area contributed by atoms with Crippen molar-refractivity contribution in [3.63, 3.8) is 0 Å². The maximum Gasteiger partial charge on any atom is 0.266 e. The molecular weight excluding hydrogens is 374 g/mol. The first-order valence-corrected chi connectivity index (χ1v) is 9.71. The summed E-state index contributed by atoms with van der Waals surface area (Å²) in [5.41, 5.74) is 8.10. The van der Waals surface area contributed by atoms with Crippen LogP contribution in [0.1, 0.15) is 21.5 Å². The number of aromatic nitrogens is 1. The number of ether oxygens (including phenoxy) is 1. The number of amides is 1. The molecule has 0 atom stereocenters. The van der Waals surface area contributed by atoms with Crippen molar-refractivity contribution in [3.05, 3.63) is 64.2 Å². The standard InChI is InChI=1S/C22H22ClN3O2/c1-14-3-5-16(6-4-14)20-13-18(22(27)25-26-9-11-28-12-10-26)17-7-8-19(23)15(2)21(17)24-20/h3-8,13H,9-12H2,1-2H3,(H,25,27). The number of morpholine rings is 1. The Morgan fingerprint density at radius 3 is 2.54 bits per heavy atom. The van der Waals surface area contributed by atoms with Crippen LogP contribution in [0.4, 0.5) is 0 Å². The van der Waals surface area contributed by atoms with Gasteiger partial charge in [-0.15, -0.1) is 0 Å². The van der Waals surface area contributed by atoms with Crippen molar-refractivity contribution in [1.82, 2.24) is 15.4 Å². The normalized spacial score (nSPS) is 15.0. The number of carbonyl (C=O) groups excluding carboxylic acids is 1. The zero-order valence-electron chi connectivity index (χ0n) is 16.0. The zero-order valence-corrected chi connectivity index (χ0v) is 16.7. The summed E-state index contributed by atoms with van der Waals surface area (Å²) in [5, 5.41) is 3.33. The molecule has 1 saturated heterocycles. The van der Waals surface area contributed by atoms with Crippen molar-refractivity contribution >= 4 is 28.4 Å². The molecule has 1 amide bonds. The van der Waals surface area contributed by atoms with Crippen LogP contribution >= 0.6 is 11.6 Å². The Labute approximate surface area is 169 Å². The molecule has 28 heavy (non-hydrogen) atoms. The molecule has 5 nitrogen and oxygen atoms in total. The van der Waals surface area contributed by atoms with Crippen LogP contribution in [-0.4, -0.2) is 42.2 Å². The molecule has 0 saturated carbocycles. The molecule has 3 aromatic rings. The van der Waals surface area contributed by atoms with Crippen LogP contribution in [0.2, 0.25) is 5.02 Å². The Hall–Kier alpha value is -2.47. The number of nitrogens with zero attached hydrogens (tertiary/aromatic N) is 2. The fourth-order valence-corrected chi connectivity index (χ4v) is 3.50. The predicted octanol–water partition coefficient (Wildman–Crippen LogP) is 4.15. The molecule has 6 heteroatoms. The fourth-order valence-electron chi connectivity index (χ4n) is 3.34. The first-order chi connectivity index (χ1) is 13.5. The van der Waals surface area contributed by atoms with E-state index in [9.17, 15) is 4.79 Å². The Morgan fingerprint density at radius 1 is 1.11 bits per heavy atom. The van der Waals surface area contributed by atoms with Crippen molar-refractivity contribution in [1.29, 1.82) is 0 Å². The van der Waals surface area contributed by atoms with E-state index in [0.29, 0.717) is 36.9 Å². The predicted molar refractivity (Wildman–Crippen MR) is 112 cm³/mol. The molecule has 1 N–H and O–H groups in total. The zero-order chi connectivity index (χ0) is 19.7. The lowest BCUT2D eigenvalue weighted by Crippen LogP contribution is -2.48. The van der Waals surface area contributed by atoms with Gasteiger partial charge in [-0.2, -0.15) is 0 Å². The maximum absolute atomic E-state index is 13.1. The lowest BCUT2D eigenvalue weighted by molar-refractivity contribution is 0.0127. The van der Waals surface area contributed by atoms with E-state index in [1.807, 2.05) is 61.3 Å². The maximum atomic E-state index is 13.1. The Kier molecular flexibility index (Phi) is 5.31. The largest absolute Gasteiger partial charge is 0.379 e. The number of fused-ring (bicyclic) bond motifs is 1. The Morgan fingerprint density at radius 2 is 1.82 bits per heavy atom. The van der Waals surface area contributed by atoms with E-state index in [-0.39, 0.29) is 5.91 Å². The molecule has 0 spiro atoms. The van der Waals surface area contributed by atoms with Crippen LogP contribution in [0.15, 0.2) is 42.5 Å². The average molecular weight is 396 g/mol. The van der Waals surface area contributed by atoms with E-state index in [1.54, 1.807) is 0 Å². The molecule has 0 aliphatic carbocycles. The summed E-state index contributed by atoms with van der Waals surface area (Å²) in [4.78, 5) is 17.9. The quantitative estimate of drug-likeness (QED) is 0.723. The molecular formula is C22H22ClN3O2. The summed E-state index contributed by atoms with van der Waals surface area (Å²) in [6.45, 7) is 6.54. The van der Waals surface area contributed by atoms with E-state index >= 15 is 0 Å². The van der Waals surface area contributed by atoms with Gasteiger partial charge < -0.3 is 4.74 Å². The van der Waals surface area contributed by atoms with Crippen molar-refractivity contribution in [2.24, 2.45) is 0 Å². The molecule has 1 aromatic heterocycles. The molecule has 0 bridgehead atoms. The SMILES string of the molecule is Cc1ccc(-c2cc(C(=O)NN3CCOCC3)c3ccc(Cl)c(C)c3n2)cc1. The second-order valence-electron chi connectivity index (χ2n) is 7.03. The number of hydrazine groups is 1. The van der Waals surface area contributed by atoms with Crippen LogP contribution in [0.25, 0.3) is 22.2 Å². The second kappa shape index (κ2) is 7.87. The van der Waals surface area contributed by atoms with Gasteiger partial charge in [-0.1, -0.05) is 47.5 Å². The fraction of sp³-hybridized carbons (Fsp3) is 0.273. The van der Waals surface area contributed by atoms with E-state index in [4.69, 9.17) is 21.3 Å². The van der Waals surface area contributed by atoms with Crippen LogP contribution in [0.5, 0.6) is 0 Å². The summed E-state index contributed by atoms with van der Waals surface area (Å²) in [7, 11) is 0. The third kappa shape index (κ3) is 3.74. The highest BCUT2D eigenvalue weighted by Crippen LogP contribution is 2.30. The van der Waals surface area contributed by atoms with E-state index < -0.39 is 0 Å². The molecule has 4 rings (SSSR count). The highest BCUT2D eigenvalue weighted by molar-refractivity contribution is 6.32. The minimum atomic E-state index is -0.149. The second-order valence-corrected chi connectivity index (χ2v) is 7.44. The summed E-state index contributed by atoms with van der Waals surface area (Å²) >= 11 is 6.33. The highest BCUT2D eigenvalue weighted by Gasteiger charge is 2.19. The number of carbonyl (C=O) groups is 1. The van der Waals surface area contributed by atoms with E-state index in [1.165, 1.54) is 5.56 Å². The van der Waals surface area contributed by atoms with Gasteiger partial charge >= 0.3 is 0 Å². The van der Waals surface area contributed by atoms with Gasteiger partial charge in [-0.25, -0.2) is 9.99 Å². The van der Waals surface area contributed by atoms with E-state index in [2.05, 4.69) is 5.43 Å². The van der Waals surface area contributed by atoms with Crippen molar-refractivity contribution in [2.45, 2.75) is 13.8 Å². The number of rotatable bonds is 3. The van der Waals surface area contributed by atoms with Crippen LogP contribution in [0.3, 0.4) is 0 Å². The van der Waals surface area contributed by atoms with Gasteiger partial charge in [0, 0.05) is 29.1 Å². The Bertz CT molecular complexity index is 1030. The molecule has 1 aliphatic heterocycles. The first kappa shape index (κ1) is 18.9. The van der Waals surface area contributed by atoms with Gasteiger partial charge in [0.2, 0.25) is 0 Å². The average Bonchev–Trinajstić information content (AvgIpc) is 2.71. The van der Waals surface area contributed by atoms with Crippen molar-refractivity contribution < 1.29 is 9.53 Å². The van der Waals surface area contributed by atoms with Gasteiger partial charge in [0.05, 0.1) is 30.0 Å². The number of halogens is 1. The molecule has 144 valence electrons. The first-order valence-electron chi connectivity index (χ1n) is 9.33. The molecule has 1 aliphatic rings. The smallest absolute Gasteiger partial charge is 0.266 e. The van der Waals surface area contributed by atoms with Gasteiger partial charge in [-0.3, -0.25) is 10.2 Å². The lowest BCUT2D eigenvalue weighted by Gasteiger charge is -2.27. The van der Waals surface area contributed by atoms with Gasteiger partial charge in [0.25, 0.3) is 5.91 Å². The summed E-state index contributed by atoms with van der Waals surface area (Å²) < 4.78 is 5.36. The van der Waals surface area contributed by atoms with Crippen LogP contribution in [-0.2, 0) is 4.74 Å². The van der Waals surface area contributed by atoms with E-state index in [0.717, 1.165) is 27.7 Å². The third-order valence-electron chi connectivity index (χ3n) is 5.03. The number of aryl methyl sites for hydroxylation is 2. The van der Waals surface area contributed by atoms with Gasteiger partial charge in [-0.05, 0) is 31.5 Å². The van der Waals surface area contributed by atoms with Gasteiger partial charge in [0.1, 0.15) is 0 Å². The minimum absolute atomic E-state index is 0.149. The minimum Gasteiger partial charge on any atom is -0.379 e. The monoisotopic (exact) mass is 395 g/mol. The number of pyridine rings is 1. The summed E-state index contributed by atoms with van der Waals surface area (Å²) in [5.74, 6) is -0.149. The third-order valence-corrected chi connectivity index (χ3v) is 5.44.